The third kappa shape index (κ3) is 3.28. The summed E-state index contributed by atoms with van der Waals surface area (Å²) in [5.74, 6) is -0.0172. The summed E-state index contributed by atoms with van der Waals surface area (Å²) >= 11 is 0. The van der Waals surface area contributed by atoms with E-state index in [1.165, 1.54) is 18.0 Å². The monoisotopic (exact) mass is 242 g/mol. The summed E-state index contributed by atoms with van der Waals surface area (Å²) in [6.45, 7) is 0.555. The quantitative estimate of drug-likeness (QED) is 0.839. The number of nitrogen functional groups attached to an aromatic ring is 1. The molecule has 0 aliphatic rings. The second-order valence-electron chi connectivity index (χ2n) is 3.82. The molecule has 0 aliphatic carbocycles. The molecule has 0 bridgehead atoms. The van der Waals surface area contributed by atoms with Crippen LogP contribution in [0.5, 0.6) is 0 Å². The van der Waals surface area contributed by atoms with Crippen molar-refractivity contribution in [3.05, 3.63) is 54.0 Å². The van der Waals surface area contributed by atoms with Crippen molar-refractivity contribution in [2.45, 2.75) is 6.42 Å². The summed E-state index contributed by atoms with van der Waals surface area (Å²) < 4.78 is 0. The lowest BCUT2D eigenvalue weighted by Gasteiger charge is -2.04. The van der Waals surface area contributed by atoms with Crippen molar-refractivity contribution >= 4 is 11.7 Å². The Balaban J connectivity index is 1.86. The number of rotatable bonds is 4. The lowest BCUT2D eigenvalue weighted by molar-refractivity contribution is 0.0949. The molecular weight excluding hydrogens is 228 g/mol. The summed E-state index contributed by atoms with van der Waals surface area (Å²) in [5, 5.41) is 2.78. The molecule has 0 spiro atoms. The molecule has 0 aliphatic heterocycles. The normalized spacial score (nSPS) is 10.0. The van der Waals surface area contributed by atoms with Crippen LogP contribution in [-0.4, -0.2) is 22.4 Å². The smallest absolute Gasteiger partial charge is 0.271 e. The fraction of sp³-hybridized carbons (Fsp3) is 0.154. The highest BCUT2D eigenvalue weighted by atomic mass is 16.1. The van der Waals surface area contributed by atoms with Crippen LogP contribution in [0.3, 0.4) is 0 Å². The van der Waals surface area contributed by atoms with Crippen LogP contribution in [0.15, 0.2) is 42.7 Å². The zero-order chi connectivity index (χ0) is 12.8. The first kappa shape index (κ1) is 12.0. The van der Waals surface area contributed by atoms with Gasteiger partial charge in [0.15, 0.2) is 0 Å². The molecule has 92 valence electrons. The van der Waals surface area contributed by atoms with Crippen LogP contribution in [-0.2, 0) is 6.42 Å². The minimum Gasteiger partial charge on any atom is -0.382 e. The first-order chi connectivity index (χ1) is 8.75. The maximum Gasteiger partial charge on any atom is 0.271 e. The number of benzene rings is 1. The van der Waals surface area contributed by atoms with Crippen LogP contribution in [0.2, 0.25) is 0 Å². The third-order valence-corrected chi connectivity index (χ3v) is 2.43. The highest BCUT2D eigenvalue weighted by Gasteiger charge is 2.06. The Bertz CT molecular complexity index is 528. The van der Waals surface area contributed by atoms with Crippen molar-refractivity contribution in [2.75, 3.05) is 12.3 Å². The molecule has 5 heteroatoms. The van der Waals surface area contributed by atoms with Gasteiger partial charge in [0.05, 0.1) is 12.4 Å². The Morgan fingerprint density at radius 2 is 2.00 bits per heavy atom. The molecule has 5 nitrogen and oxygen atoms in total. The van der Waals surface area contributed by atoms with Gasteiger partial charge in [0, 0.05) is 6.54 Å². The van der Waals surface area contributed by atoms with Gasteiger partial charge in [0.2, 0.25) is 0 Å². The van der Waals surface area contributed by atoms with Gasteiger partial charge in [0.25, 0.3) is 5.91 Å². The van der Waals surface area contributed by atoms with E-state index in [-0.39, 0.29) is 17.4 Å². The Morgan fingerprint density at radius 1 is 1.22 bits per heavy atom. The van der Waals surface area contributed by atoms with Crippen LogP contribution in [0, 0.1) is 0 Å². The number of nitrogens with one attached hydrogen (secondary N) is 1. The van der Waals surface area contributed by atoms with Gasteiger partial charge >= 0.3 is 0 Å². The van der Waals surface area contributed by atoms with Crippen molar-refractivity contribution in [3.63, 3.8) is 0 Å². The van der Waals surface area contributed by atoms with Gasteiger partial charge in [-0.1, -0.05) is 30.3 Å². The van der Waals surface area contributed by atoms with Gasteiger partial charge in [0.1, 0.15) is 11.5 Å². The van der Waals surface area contributed by atoms with E-state index in [0.29, 0.717) is 6.54 Å². The van der Waals surface area contributed by atoms with E-state index in [0.717, 1.165) is 6.42 Å². The summed E-state index contributed by atoms with van der Waals surface area (Å²) in [4.78, 5) is 19.4. The number of amides is 1. The van der Waals surface area contributed by atoms with Crippen LogP contribution < -0.4 is 11.1 Å². The second kappa shape index (κ2) is 5.77. The highest BCUT2D eigenvalue weighted by molar-refractivity contribution is 5.92. The van der Waals surface area contributed by atoms with Crippen molar-refractivity contribution in [3.8, 4) is 0 Å². The largest absolute Gasteiger partial charge is 0.382 e. The van der Waals surface area contributed by atoms with E-state index in [1.807, 2.05) is 30.3 Å². The molecule has 18 heavy (non-hydrogen) atoms. The number of carbonyl (C=O) groups is 1. The number of aromatic nitrogens is 2. The number of hydrogen-bond donors (Lipinski definition) is 2. The van der Waals surface area contributed by atoms with Crippen molar-refractivity contribution in [2.24, 2.45) is 0 Å². The van der Waals surface area contributed by atoms with E-state index in [4.69, 9.17) is 5.73 Å². The van der Waals surface area contributed by atoms with E-state index in [1.54, 1.807) is 0 Å². The summed E-state index contributed by atoms with van der Waals surface area (Å²) in [6, 6.07) is 9.95. The predicted octanol–water partition coefficient (Wildman–Crippen LogP) is 1.03. The maximum absolute atomic E-state index is 11.7. The minimum atomic E-state index is -0.259. The Kier molecular flexibility index (Phi) is 3.86. The zero-order valence-electron chi connectivity index (χ0n) is 9.84. The van der Waals surface area contributed by atoms with Crippen molar-refractivity contribution < 1.29 is 4.79 Å². The molecule has 0 fully saturated rings. The van der Waals surface area contributed by atoms with E-state index < -0.39 is 0 Å². The topological polar surface area (TPSA) is 80.9 Å². The van der Waals surface area contributed by atoms with Crippen molar-refractivity contribution in [1.29, 1.82) is 0 Å². The summed E-state index contributed by atoms with van der Waals surface area (Å²) in [7, 11) is 0. The van der Waals surface area contributed by atoms with Crippen LogP contribution in [0.25, 0.3) is 0 Å². The SMILES string of the molecule is Nc1cncc(C(=O)NCCc2ccccc2)n1. The first-order valence-corrected chi connectivity index (χ1v) is 5.65. The van der Waals surface area contributed by atoms with E-state index >= 15 is 0 Å². The van der Waals surface area contributed by atoms with Crippen LogP contribution in [0.4, 0.5) is 5.82 Å². The van der Waals surface area contributed by atoms with Crippen molar-refractivity contribution in [1.82, 2.24) is 15.3 Å². The summed E-state index contributed by atoms with van der Waals surface area (Å²) in [5.41, 5.74) is 6.88. The lowest BCUT2D eigenvalue weighted by Crippen LogP contribution is -2.26. The molecule has 0 unspecified atom stereocenters. The Labute approximate surface area is 105 Å². The number of nitrogens with two attached hydrogens (primary N) is 1. The lowest BCUT2D eigenvalue weighted by atomic mass is 10.1. The Hall–Kier alpha value is -2.43. The maximum atomic E-state index is 11.7. The van der Waals surface area contributed by atoms with Gasteiger partial charge in [-0.05, 0) is 12.0 Å². The fourth-order valence-corrected chi connectivity index (χ4v) is 1.55. The second-order valence-corrected chi connectivity index (χ2v) is 3.82. The average molecular weight is 242 g/mol. The summed E-state index contributed by atoms with van der Waals surface area (Å²) in [6.07, 6.45) is 3.58. The molecule has 0 atom stereocenters. The van der Waals surface area contributed by atoms with E-state index in [9.17, 15) is 4.79 Å². The van der Waals surface area contributed by atoms with E-state index in [2.05, 4.69) is 15.3 Å². The number of hydrogen-bond acceptors (Lipinski definition) is 4. The van der Waals surface area contributed by atoms with Crippen LogP contribution >= 0.6 is 0 Å². The molecule has 1 aromatic heterocycles. The first-order valence-electron chi connectivity index (χ1n) is 5.65. The molecule has 0 saturated heterocycles. The van der Waals surface area contributed by atoms with Gasteiger partial charge in [-0.15, -0.1) is 0 Å². The fourth-order valence-electron chi connectivity index (χ4n) is 1.55. The number of anilines is 1. The van der Waals surface area contributed by atoms with Gasteiger partial charge in [-0.3, -0.25) is 9.78 Å². The molecule has 1 amide bonds. The standard InChI is InChI=1S/C13H14N4O/c14-12-9-15-8-11(17-12)13(18)16-7-6-10-4-2-1-3-5-10/h1-5,8-9H,6-7H2,(H2,14,17)(H,16,18). The average Bonchev–Trinajstić information content (AvgIpc) is 2.40. The van der Waals surface area contributed by atoms with Gasteiger partial charge in [-0.2, -0.15) is 0 Å². The van der Waals surface area contributed by atoms with Crippen LogP contribution in [0.1, 0.15) is 16.1 Å². The van der Waals surface area contributed by atoms with Gasteiger partial charge < -0.3 is 11.1 Å². The Morgan fingerprint density at radius 3 is 2.72 bits per heavy atom. The number of nitrogens with zero attached hydrogens (tertiary/aromatic N) is 2. The minimum absolute atomic E-state index is 0.239. The molecule has 0 radical (unpaired) electrons. The molecular formula is C13H14N4O. The third-order valence-electron chi connectivity index (χ3n) is 2.43. The molecule has 1 heterocycles. The zero-order valence-corrected chi connectivity index (χ0v) is 9.84. The number of carbonyl (C=O) groups excluding carboxylic acids is 1. The molecule has 2 aromatic rings. The molecule has 3 N–H and O–H groups in total. The highest BCUT2D eigenvalue weighted by Crippen LogP contribution is 1.99. The van der Waals surface area contributed by atoms with Gasteiger partial charge in [-0.25, -0.2) is 4.98 Å². The molecule has 1 aromatic carbocycles. The molecule has 0 saturated carbocycles. The predicted molar refractivity (Wildman–Crippen MR) is 68.9 cm³/mol. The molecule has 2 rings (SSSR count).